The van der Waals surface area contributed by atoms with Crippen molar-refractivity contribution in [1.29, 1.82) is 0 Å². The molecule has 0 saturated carbocycles. The molecule has 0 unspecified atom stereocenters. The molecule has 0 atom stereocenters. The van der Waals surface area contributed by atoms with Crippen molar-refractivity contribution in [3.8, 4) is 0 Å². The molecule has 1 heterocycles. The van der Waals surface area contributed by atoms with Crippen molar-refractivity contribution < 1.29 is 8.42 Å². The molecule has 0 fully saturated rings. The highest BCUT2D eigenvalue weighted by molar-refractivity contribution is 7.92. The van der Waals surface area contributed by atoms with Crippen molar-refractivity contribution in [2.45, 2.75) is 12.8 Å². The van der Waals surface area contributed by atoms with Gasteiger partial charge in [0.05, 0.1) is 28.2 Å². The lowest BCUT2D eigenvalue weighted by atomic mass is 10.3. The predicted molar refractivity (Wildman–Crippen MR) is 79.8 cm³/mol. The average Bonchev–Trinajstić information content (AvgIpc) is 2.81. The Hall–Kier alpha value is -0.630. The molecule has 0 bridgehead atoms. The van der Waals surface area contributed by atoms with Gasteiger partial charge in [-0.1, -0.05) is 11.6 Å². The van der Waals surface area contributed by atoms with Gasteiger partial charge in [-0.3, -0.25) is 4.72 Å². The molecule has 0 aliphatic rings. The molecule has 1 aromatic heterocycles. The van der Waals surface area contributed by atoms with Gasteiger partial charge in [-0.15, -0.1) is 11.6 Å². The maximum absolute atomic E-state index is 11.9. The minimum atomic E-state index is -3.45. The van der Waals surface area contributed by atoms with Crippen molar-refractivity contribution in [2.24, 2.45) is 0 Å². The average molecular weight is 340 g/mol. The van der Waals surface area contributed by atoms with Crippen LogP contribution in [0.5, 0.6) is 0 Å². The van der Waals surface area contributed by atoms with Crippen molar-refractivity contribution in [2.75, 3.05) is 16.4 Å². The lowest BCUT2D eigenvalue weighted by molar-refractivity contribution is 0.598. The van der Waals surface area contributed by atoms with E-state index in [9.17, 15) is 8.42 Å². The van der Waals surface area contributed by atoms with Gasteiger partial charge in [-0.25, -0.2) is 8.42 Å². The zero-order valence-electron chi connectivity index (χ0n) is 9.77. The number of anilines is 1. The molecule has 2 rings (SSSR count). The van der Waals surface area contributed by atoms with Crippen LogP contribution in [0.4, 0.5) is 5.69 Å². The first-order valence-corrected chi connectivity index (χ1v) is 8.80. The summed E-state index contributed by atoms with van der Waals surface area (Å²) in [6.07, 6.45) is 1.15. The summed E-state index contributed by atoms with van der Waals surface area (Å²) < 4.78 is 34.4. The highest BCUT2D eigenvalue weighted by Gasteiger charge is 2.16. The van der Waals surface area contributed by atoms with Crippen LogP contribution in [0, 0.1) is 0 Å². The number of unbranched alkanes of at least 4 members (excludes halogenated alkanes) is 1. The molecule has 1 aromatic carbocycles. The van der Waals surface area contributed by atoms with E-state index in [1.54, 1.807) is 12.1 Å². The molecule has 0 saturated heterocycles. The van der Waals surface area contributed by atoms with Crippen molar-refractivity contribution in [3.05, 3.63) is 17.2 Å². The number of nitrogens with zero attached hydrogens (tertiary/aromatic N) is 2. The Morgan fingerprint density at radius 1 is 1.26 bits per heavy atom. The first-order chi connectivity index (χ1) is 9.03. The first kappa shape index (κ1) is 14.8. The van der Waals surface area contributed by atoms with Crippen LogP contribution in [0.1, 0.15) is 12.8 Å². The molecule has 2 aromatic rings. The van der Waals surface area contributed by atoms with E-state index >= 15 is 0 Å². The predicted octanol–water partition coefficient (Wildman–Crippen LogP) is 3.11. The Morgan fingerprint density at radius 2 is 2.05 bits per heavy atom. The third-order valence-electron chi connectivity index (χ3n) is 2.43. The quantitative estimate of drug-likeness (QED) is 0.648. The number of hydrogen-bond donors (Lipinski definition) is 1. The summed E-state index contributed by atoms with van der Waals surface area (Å²) in [7, 11) is -3.45. The van der Waals surface area contributed by atoms with Crippen LogP contribution in [-0.2, 0) is 10.0 Å². The molecule has 0 aliphatic heterocycles. The van der Waals surface area contributed by atoms with Crippen molar-refractivity contribution in [1.82, 2.24) is 8.75 Å². The summed E-state index contributed by atoms with van der Waals surface area (Å²) in [6, 6.07) is 3.30. The van der Waals surface area contributed by atoms with Gasteiger partial charge in [0.15, 0.2) is 0 Å². The van der Waals surface area contributed by atoms with Gasteiger partial charge < -0.3 is 0 Å². The second kappa shape index (κ2) is 6.21. The standard InChI is InChI=1S/C10H11Cl2N3O2S2/c11-5-1-2-6-19(16,17)15-9-7(12)3-4-8-10(9)14-18-13-8/h3-4,15H,1-2,5-6H2. The monoisotopic (exact) mass is 339 g/mol. The summed E-state index contributed by atoms with van der Waals surface area (Å²) >= 11 is 12.6. The number of rotatable bonds is 6. The zero-order valence-corrected chi connectivity index (χ0v) is 12.9. The van der Waals surface area contributed by atoms with Crippen molar-refractivity contribution >= 4 is 61.7 Å². The first-order valence-electron chi connectivity index (χ1n) is 5.51. The van der Waals surface area contributed by atoms with E-state index in [1.807, 2.05) is 0 Å². The number of alkyl halides is 1. The molecule has 104 valence electrons. The van der Waals surface area contributed by atoms with E-state index in [0.717, 1.165) is 11.7 Å². The molecule has 19 heavy (non-hydrogen) atoms. The highest BCUT2D eigenvalue weighted by Crippen LogP contribution is 2.30. The Morgan fingerprint density at radius 3 is 2.79 bits per heavy atom. The van der Waals surface area contributed by atoms with Gasteiger partial charge in [0.1, 0.15) is 11.0 Å². The highest BCUT2D eigenvalue weighted by atomic mass is 35.5. The van der Waals surface area contributed by atoms with Crippen LogP contribution in [0.25, 0.3) is 11.0 Å². The fourth-order valence-electron chi connectivity index (χ4n) is 1.52. The number of nitrogens with one attached hydrogen (secondary N) is 1. The minimum absolute atomic E-state index is 0.00397. The molecule has 0 amide bonds. The van der Waals surface area contributed by atoms with Gasteiger partial charge in [0, 0.05) is 5.88 Å². The fourth-order valence-corrected chi connectivity index (χ4v) is 3.71. The lowest BCUT2D eigenvalue weighted by Gasteiger charge is -2.09. The zero-order chi connectivity index (χ0) is 13.9. The van der Waals surface area contributed by atoms with E-state index in [1.165, 1.54) is 0 Å². The molecule has 5 nitrogen and oxygen atoms in total. The molecule has 0 aliphatic carbocycles. The Labute approximate surface area is 125 Å². The maximum Gasteiger partial charge on any atom is 0.232 e. The molecule has 0 radical (unpaired) electrons. The Balaban J connectivity index is 2.25. The third kappa shape index (κ3) is 3.68. The van der Waals surface area contributed by atoms with Gasteiger partial charge in [0.25, 0.3) is 0 Å². The largest absolute Gasteiger partial charge is 0.280 e. The van der Waals surface area contributed by atoms with E-state index in [-0.39, 0.29) is 5.75 Å². The van der Waals surface area contributed by atoms with Crippen molar-refractivity contribution in [3.63, 3.8) is 0 Å². The minimum Gasteiger partial charge on any atom is -0.280 e. The van der Waals surface area contributed by atoms with Gasteiger partial charge >= 0.3 is 0 Å². The summed E-state index contributed by atoms with van der Waals surface area (Å²) in [5, 5.41) is 0.307. The molecular formula is C10H11Cl2N3O2S2. The van der Waals surface area contributed by atoms with E-state index in [2.05, 4.69) is 13.5 Å². The van der Waals surface area contributed by atoms with Crippen LogP contribution in [0.15, 0.2) is 12.1 Å². The Bertz CT molecular complexity index is 672. The van der Waals surface area contributed by atoms with E-state index in [4.69, 9.17) is 23.2 Å². The normalized spacial score (nSPS) is 11.9. The summed E-state index contributed by atoms with van der Waals surface area (Å²) in [4.78, 5) is 0. The second-order valence-electron chi connectivity index (χ2n) is 3.87. The van der Waals surface area contributed by atoms with Gasteiger partial charge in [0.2, 0.25) is 10.0 Å². The number of aromatic nitrogens is 2. The molecular weight excluding hydrogens is 329 g/mol. The molecule has 1 N–H and O–H groups in total. The summed E-state index contributed by atoms with van der Waals surface area (Å²) in [6.45, 7) is 0. The number of fused-ring (bicyclic) bond motifs is 1. The van der Waals surface area contributed by atoms with E-state index < -0.39 is 10.0 Å². The maximum atomic E-state index is 11.9. The summed E-state index contributed by atoms with van der Waals surface area (Å²) in [5.74, 6) is 0.450. The topological polar surface area (TPSA) is 72.0 Å². The van der Waals surface area contributed by atoms with Crippen LogP contribution in [-0.4, -0.2) is 28.8 Å². The SMILES string of the molecule is O=S(=O)(CCCCCl)Nc1c(Cl)ccc2nsnc12. The van der Waals surface area contributed by atoms with Gasteiger partial charge in [-0.2, -0.15) is 8.75 Å². The third-order valence-corrected chi connectivity index (χ3v) is 4.90. The van der Waals surface area contributed by atoms with Crippen LogP contribution < -0.4 is 4.72 Å². The molecule has 0 spiro atoms. The number of halogens is 2. The number of hydrogen-bond acceptors (Lipinski definition) is 5. The van der Waals surface area contributed by atoms with E-state index in [0.29, 0.717) is 40.5 Å². The number of sulfonamides is 1. The van der Waals surface area contributed by atoms with Crippen LogP contribution >= 0.6 is 34.9 Å². The second-order valence-corrected chi connectivity index (χ2v) is 7.03. The smallest absolute Gasteiger partial charge is 0.232 e. The summed E-state index contributed by atoms with van der Waals surface area (Å²) in [5.41, 5.74) is 1.38. The van der Waals surface area contributed by atoms with Crippen LogP contribution in [0.2, 0.25) is 5.02 Å². The Kier molecular flexibility index (Phi) is 4.83. The molecule has 9 heteroatoms. The van der Waals surface area contributed by atoms with Crippen LogP contribution in [0.3, 0.4) is 0 Å². The number of benzene rings is 1. The fraction of sp³-hybridized carbons (Fsp3) is 0.400. The van der Waals surface area contributed by atoms with Gasteiger partial charge in [-0.05, 0) is 25.0 Å². The lowest BCUT2D eigenvalue weighted by Crippen LogP contribution is -2.17.